The van der Waals surface area contributed by atoms with Gasteiger partial charge in [-0.25, -0.2) is 4.79 Å². The number of hydrogen-bond acceptors (Lipinski definition) is 3. The lowest BCUT2D eigenvalue weighted by atomic mass is 9.71. The third kappa shape index (κ3) is 5.57. The molecule has 164 valence electrons. The molecule has 4 N–H and O–H groups in total. The molecule has 4 rings (SSSR count). The highest BCUT2D eigenvalue weighted by molar-refractivity contribution is 5.90. The van der Waals surface area contributed by atoms with E-state index in [0.717, 1.165) is 16.9 Å². The number of nitrogens with one attached hydrogen (secondary N) is 4. The van der Waals surface area contributed by atoms with Crippen molar-refractivity contribution < 1.29 is 9.59 Å². The van der Waals surface area contributed by atoms with Gasteiger partial charge in [-0.1, -0.05) is 38.1 Å². The molecular weight excluding hydrogens is 388 g/mol. The van der Waals surface area contributed by atoms with Gasteiger partial charge in [-0.05, 0) is 72.4 Å². The lowest BCUT2D eigenvalue weighted by Crippen LogP contribution is -2.42. The molecule has 1 atom stereocenters. The van der Waals surface area contributed by atoms with E-state index in [2.05, 4.69) is 59.4 Å². The lowest BCUT2D eigenvalue weighted by molar-refractivity contribution is -0.122. The molecule has 0 spiro atoms. The van der Waals surface area contributed by atoms with Crippen LogP contribution in [0.1, 0.15) is 56.6 Å². The minimum Gasteiger partial charge on any atom is -0.356 e. The maximum Gasteiger partial charge on any atom is 0.315 e. The molecule has 2 aromatic carbocycles. The summed E-state index contributed by atoms with van der Waals surface area (Å²) in [6.45, 7) is 5.51. The summed E-state index contributed by atoms with van der Waals surface area (Å²) < 4.78 is 0. The summed E-state index contributed by atoms with van der Waals surface area (Å²) in [5.41, 5.74) is 5.03. The van der Waals surface area contributed by atoms with Gasteiger partial charge in [0.2, 0.25) is 5.91 Å². The molecule has 1 heterocycles. The normalized spacial score (nSPS) is 20.6. The molecule has 6 heteroatoms. The van der Waals surface area contributed by atoms with E-state index in [-0.39, 0.29) is 11.9 Å². The van der Waals surface area contributed by atoms with Crippen LogP contribution < -0.4 is 21.3 Å². The van der Waals surface area contributed by atoms with Gasteiger partial charge < -0.3 is 21.3 Å². The molecule has 1 aliphatic carbocycles. The van der Waals surface area contributed by atoms with E-state index < -0.39 is 6.04 Å². The zero-order chi connectivity index (χ0) is 21.8. The van der Waals surface area contributed by atoms with Crippen LogP contribution in [0.2, 0.25) is 0 Å². The fourth-order valence-corrected chi connectivity index (χ4v) is 4.37. The van der Waals surface area contributed by atoms with Crippen LogP contribution in [-0.2, 0) is 11.3 Å². The topological polar surface area (TPSA) is 82.3 Å². The molecule has 0 aromatic heterocycles. The van der Waals surface area contributed by atoms with E-state index in [9.17, 15) is 9.59 Å². The maximum atomic E-state index is 12.1. The van der Waals surface area contributed by atoms with Gasteiger partial charge in [-0.2, -0.15) is 0 Å². The molecular formula is C25H32N4O2. The molecule has 1 saturated heterocycles. The number of rotatable bonds is 6. The van der Waals surface area contributed by atoms with Crippen molar-refractivity contribution in [3.63, 3.8) is 0 Å². The number of carbonyl (C=O) groups is 2. The smallest absolute Gasteiger partial charge is 0.315 e. The van der Waals surface area contributed by atoms with E-state index >= 15 is 0 Å². The summed E-state index contributed by atoms with van der Waals surface area (Å²) in [5, 5.41) is 11.5. The van der Waals surface area contributed by atoms with Crippen molar-refractivity contribution in [2.24, 2.45) is 5.41 Å². The molecule has 6 nitrogen and oxygen atoms in total. The molecule has 1 aliphatic heterocycles. The third-order valence-corrected chi connectivity index (χ3v) is 6.52. The average Bonchev–Trinajstić information content (AvgIpc) is 3.20. The SMILES string of the molecule is CC1(C)CCC(c2ccc(Nc3ccc(CNC(=O)C4CNC(=O)N4)cc3)cc2)CC1. The van der Waals surface area contributed by atoms with Crippen LogP contribution in [0.15, 0.2) is 48.5 Å². The highest BCUT2D eigenvalue weighted by Crippen LogP contribution is 2.42. The van der Waals surface area contributed by atoms with Gasteiger partial charge in [0.05, 0.1) is 0 Å². The zero-order valence-electron chi connectivity index (χ0n) is 18.3. The van der Waals surface area contributed by atoms with Gasteiger partial charge in [0.15, 0.2) is 0 Å². The van der Waals surface area contributed by atoms with Crippen molar-refractivity contribution in [1.82, 2.24) is 16.0 Å². The summed E-state index contributed by atoms with van der Waals surface area (Å²) >= 11 is 0. The van der Waals surface area contributed by atoms with Crippen LogP contribution >= 0.6 is 0 Å². The van der Waals surface area contributed by atoms with Crippen molar-refractivity contribution >= 4 is 23.3 Å². The Kier molecular flexibility index (Phi) is 6.16. The largest absolute Gasteiger partial charge is 0.356 e. The molecule has 2 aliphatic rings. The van der Waals surface area contributed by atoms with E-state index in [4.69, 9.17) is 0 Å². The van der Waals surface area contributed by atoms with Gasteiger partial charge in [0, 0.05) is 24.5 Å². The molecule has 2 fully saturated rings. The number of hydrogen-bond donors (Lipinski definition) is 4. The van der Waals surface area contributed by atoms with E-state index in [1.807, 2.05) is 24.3 Å². The van der Waals surface area contributed by atoms with Gasteiger partial charge >= 0.3 is 6.03 Å². The summed E-state index contributed by atoms with van der Waals surface area (Å²) in [6, 6.07) is 16.0. The molecule has 31 heavy (non-hydrogen) atoms. The number of carbonyl (C=O) groups excluding carboxylic acids is 2. The Morgan fingerprint density at radius 1 is 1.00 bits per heavy atom. The Balaban J connectivity index is 1.27. The Morgan fingerprint density at radius 3 is 2.19 bits per heavy atom. The van der Waals surface area contributed by atoms with E-state index in [1.165, 1.54) is 31.2 Å². The monoisotopic (exact) mass is 420 g/mol. The number of amides is 3. The van der Waals surface area contributed by atoms with Crippen LogP contribution in [0.25, 0.3) is 0 Å². The van der Waals surface area contributed by atoms with Crippen molar-refractivity contribution in [3.05, 3.63) is 59.7 Å². The average molecular weight is 421 g/mol. The van der Waals surface area contributed by atoms with Crippen LogP contribution in [0.5, 0.6) is 0 Å². The lowest BCUT2D eigenvalue weighted by Gasteiger charge is -2.34. The molecule has 1 unspecified atom stereocenters. The fraction of sp³-hybridized carbons (Fsp3) is 0.440. The summed E-state index contributed by atoms with van der Waals surface area (Å²) in [7, 11) is 0. The quantitative estimate of drug-likeness (QED) is 0.559. The Labute approximate surface area is 184 Å². The van der Waals surface area contributed by atoms with Gasteiger partial charge in [0.1, 0.15) is 6.04 Å². The predicted molar refractivity (Wildman–Crippen MR) is 123 cm³/mol. The van der Waals surface area contributed by atoms with Crippen LogP contribution in [-0.4, -0.2) is 24.5 Å². The first kappa shape index (κ1) is 21.2. The minimum atomic E-state index is -0.503. The van der Waals surface area contributed by atoms with Gasteiger partial charge in [-0.3, -0.25) is 4.79 Å². The number of anilines is 2. The highest BCUT2D eigenvalue weighted by atomic mass is 16.2. The third-order valence-electron chi connectivity index (χ3n) is 6.52. The zero-order valence-corrected chi connectivity index (χ0v) is 18.3. The Hall–Kier alpha value is -3.02. The first-order valence-electron chi connectivity index (χ1n) is 11.2. The minimum absolute atomic E-state index is 0.179. The summed E-state index contributed by atoms with van der Waals surface area (Å²) in [6.07, 6.45) is 5.16. The summed E-state index contributed by atoms with van der Waals surface area (Å²) in [4.78, 5) is 23.2. The van der Waals surface area contributed by atoms with Crippen molar-refractivity contribution in [3.8, 4) is 0 Å². The standard InChI is InChI=1S/C25H32N4O2/c1-25(2)13-11-19(12-14-25)18-5-9-21(10-6-18)28-20-7-3-17(4-8-20)15-26-23(30)22-16-27-24(31)29-22/h3-10,19,22,28H,11-16H2,1-2H3,(H,26,30)(H2,27,29,31). The Bertz CT molecular complexity index is 912. The van der Waals surface area contributed by atoms with Gasteiger partial charge in [0.25, 0.3) is 0 Å². The molecule has 0 radical (unpaired) electrons. The second-order valence-corrected chi connectivity index (χ2v) is 9.51. The predicted octanol–water partition coefficient (Wildman–Crippen LogP) is 4.41. The number of benzene rings is 2. The van der Waals surface area contributed by atoms with Crippen molar-refractivity contribution in [2.75, 3.05) is 11.9 Å². The van der Waals surface area contributed by atoms with Crippen LogP contribution in [0.3, 0.4) is 0 Å². The molecule has 0 bridgehead atoms. The number of urea groups is 1. The Morgan fingerprint density at radius 2 is 1.61 bits per heavy atom. The summed E-state index contributed by atoms with van der Waals surface area (Å²) in [5.74, 6) is 0.507. The fourth-order valence-electron chi connectivity index (χ4n) is 4.37. The highest BCUT2D eigenvalue weighted by Gasteiger charge is 2.27. The second kappa shape index (κ2) is 9.00. The first-order chi connectivity index (χ1) is 14.9. The molecule has 2 aromatic rings. The molecule has 1 saturated carbocycles. The van der Waals surface area contributed by atoms with Crippen LogP contribution in [0.4, 0.5) is 16.2 Å². The maximum absolute atomic E-state index is 12.1. The van der Waals surface area contributed by atoms with Crippen molar-refractivity contribution in [2.45, 2.75) is 58.0 Å². The van der Waals surface area contributed by atoms with E-state index in [0.29, 0.717) is 24.4 Å². The van der Waals surface area contributed by atoms with Crippen molar-refractivity contribution in [1.29, 1.82) is 0 Å². The molecule has 3 amide bonds. The first-order valence-corrected chi connectivity index (χ1v) is 11.2. The van der Waals surface area contributed by atoms with Gasteiger partial charge in [-0.15, -0.1) is 0 Å². The second-order valence-electron chi connectivity index (χ2n) is 9.51. The van der Waals surface area contributed by atoms with Crippen LogP contribution in [0, 0.1) is 5.41 Å². The van der Waals surface area contributed by atoms with E-state index in [1.54, 1.807) is 0 Å².